The van der Waals surface area contributed by atoms with Gasteiger partial charge in [0.1, 0.15) is 6.10 Å². The summed E-state index contributed by atoms with van der Waals surface area (Å²) in [5, 5.41) is 15.2. The maximum absolute atomic E-state index is 13.9. The number of carbonyl (C=O) groups excluding carboxylic acids is 4. The highest BCUT2D eigenvalue weighted by molar-refractivity contribution is 7.46. The van der Waals surface area contributed by atoms with E-state index in [0.29, 0.717) is 33.8 Å². The molecule has 0 saturated carbocycles. The molecule has 2 aliphatic rings. The quantitative estimate of drug-likeness (QED) is 0.0710. The van der Waals surface area contributed by atoms with E-state index in [9.17, 15) is 38.6 Å². The summed E-state index contributed by atoms with van der Waals surface area (Å²) in [5.74, 6) is -1.76. The number of phosphoric acid groups is 1. The molecule has 5 aromatic carbocycles. The number of phosphoric ester groups is 1. The minimum Gasteiger partial charge on any atom is -0.394 e. The van der Waals surface area contributed by atoms with Crippen molar-refractivity contribution < 1.29 is 43.2 Å². The van der Waals surface area contributed by atoms with Gasteiger partial charge in [0.25, 0.3) is 23.6 Å². The molecule has 4 amide bonds. The number of aliphatic hydroxyl groups excluding tert-OH is 1. The van der Waals surface area contributed by atoms with Gasteiger partial charge in [-0.25, -0.2) is 4.57 Å². The van der Waals surface area contributed by atoms with Gasteiger partial charge < -0.3 is 14.9 Å². The van der Waals surface area contributed by atoms with Gasteiger partial charge in [-0.3, -0.25) is 33.5 Å². The van der Waals surface area contributed by atoms with Crippen LogP contribution in [0.2, 0.25) is 0 Å². The third-order valence-electron chi connectivity index (χ3n) is 9.66. The lowest BCUT2D eigenvalue weighted by Crippen LogP contribution is -2.45. The number of amides is 4. The number of fused-ring (bicyclic) bond motifs is 2. The molecule has 0 saturated heterocycles. The van der Waals surface area contributed by atoms with Crippen molar-refractivity contribution in [3.05, 3.63) is 70.8 Å². The van der Waals surface area contributed by atoms with Crippen LogP contribution in [-0.2, 0) is 9.09 Å². The van der Waals surface area contributed by atoms with Gasteiger partial charge in [-0.1, -0.05) is 57.4 Å². The lowest BCUT2D eigenvalue weighted by atomic mass is 9.82. The van der Waals surface area contributed by atoms with Crippen molar-refractivity contribution >= 4 is 74.5 Å². The standard InChI is InChI=1S/C35H33N2O9P/c1-3-5-6-18(4-2)15-36-32(39)24-11-7-20-22-9-13-26-31-27(35(42)37(34(26)41)16-19(17-38)46-47(43,44)45)14-10-23(29(22)31)21-8-12-25(33(36)40)30(24)28(20)21/h7-14,18-19,38H,3-6,15-17H2,1-2H3,(H2,43,44,45)/t18?,19-/m0/s1. The van der Waals surface area contributed by atoms with Crippen LogP contribution in [0.1, 0.15) is 81.0 Å². The number of hydrogen-bond donors (Lipinski definition) is 3. The van der Waals surface area contributed by atoms with E-state index in [-0.39, 0.29) is 28.9 Å². The van der Waals surface area contributed by atoms with Crippen LogP contribution in [0.3, 0.4) is 0 Å². The molecule has 2 heterocycles. The topological polar surface area (TPSA) is 162 Å². The fourth-order valence-corrected chi connectivity index (χ4v) is 7.92. The summed E-state index contributed by atoms with van der Waals surface area (Å²) in [6, 6.07) is 14.0. The molecular weight excluding hydrogens is 623 g/mol. The average molecular weight is 657 g/mol. The van der Waals surface area contributed by atoms with Crippen LogP contribution in [0.5, 0.6) is 0 Å². The zero-order chi connectivity index (χ0) is 33.4. The monoisotopic (exact) mass is 656 g/mol. The number of unbranched alkanes of at least 4 members (excludes halogenated alkanes) is 1. The van der Waals surface area contributed by atoms with E-state index in [1.807, 2.05) is 12.1 Å². The van der Waals surface area contributed by atoms with E-state index in [1.54, 1.807) is 36.4 Å². The van der Waals surface area contributed by atoms with E-state index in [2.05, 4.69) is 18.4 Å². The van der Waals surface area contributed by atoms with Crippen LogP contribution < -0.4 is 0 Å². The van der Waals surface area contributed by atoms with Gasteiger partial charge in [-0.05, 0) is 68.9 Å². The van der Waals surface area contributed by atoms with Gasteiger partial charge in [0.2, 0.25) is 0 Å². The molecule has 2 atom stereocenters. The molecule has 0 radical (unpaired) electrons. The van der Waals surface area contributed by atoms with Crippen molar-refractivity contribution in [2.24, 2.45) is 5.92 Å². The van der Waals surface area contributed by atoms with Crippen molar-refractivity contribution in [1.29, 1.82) is 0 Å². The molecule has 7 rings (SSSR count). The van der Waals surface area contributed by atoms with Crippen molar-refractivity contribution in [3.63, 3.8) is 0 Å². The largest absolute Gasteiger partial charge is 0.469 e. The van der Waals surface area contributed by atoms with Crippen LogP contribution in [0.25, 0.3) is 43.1 Å². The van der Waals surface area contributed by atoms with Crippen molar-refractivity contribution in [1.82, 2.24) is 9.80 Å². The van der Waals surface area contributed by atoms with E-state index in [1.165, 1.54) is 4.90 Å². The van der Waals surface area contributed by atoms with E-state index in [4.69, 9.17) is 0 Å². The van der Waals surface area contributed by atoms with E-state index >= 15 is 0 Å². The predicted octanol–water partition coefficient (Wildman–Crippen LogP) is 5.62. The Morgan fingerprint density at radius 3 is 1.40 bits per heavy atom. The lowest BCUT2D eigenvalue weighted by Gasteiger charge is -2.32. The summed E-state index contributed by atoms with van der Waals surface area (Å²) in [5.41, 5.74) is 1.38. The van der Waals surface area contributed by atoms with E-state index < -0.39 is 38.9 Å². The maximum atomic E-state index is 13.9. The summed E-state index contributed by atoms with van der Waals surface area (Å²) in [7, 11) is -5.00. The molecule has 11 nitrogen and oxygen atoms in total. The Kier molecular flexibility index (Phi) is 7.65. The minimum absolute atomic E-state index is 0.219. The molecule has 0 spiro atoms. The van der Waals surface area contributed by atoms with Gasteiger partial charge in [0.05, 0.1) is 13.2 Å². The van der Waals surface area contributed by atoms with Gasteiger partial charge >= 0.3 is 7.82 Å². The van der Waals surface area contributed by atoms with E-state index in [0.717, 1.165) is 57.5 Å². The number of aliphatic hydroxyl groups is 1. The summed E-state index contributed by atoms with van der Waals surface area (Å²) in [4.78, 5) is 75.8. The lowest BCUT2D eigenvalue weighted by molar-refractivity contribution is 0.0364. The molecule has 3 N–H and O–H groups in total. The second-order valence-electron chi connectivity index (χ2n) is 12.4. The minimum atomic E-state index is -5.00. The SMILES string of the molecule is CCCCC(CC)CN1C(=O)c2ccc3c4ccc5c6c(ccc(c7ccc(c2c37)C1=O)c64)C(=O)N(C[C@@H](CO)OP(=O)(O)O)C5=O. The highest BCUT2D eigenvalue weighted by atomic mass is 31.2. The first-order valence-electron chi connectivity index (χ1n) is 15.8. The fourth-order valence-electron chi connectivity index (χ4n) is 7.40. The zero-order valence-corrected chi connectivity index (χ0v) is 26.8. The Bertz CT molecular complexity index is 2090. The molecule has 0 aliphatic carbocycles. The smallest absolute Gasteiger partial charge is 0.394 e. The van der Waals surface area contributed by atoms with Crippen LogP contribution in [-0.4, -0.2) is 74.1 Å². The first-order valence-corrected chi connectivity index (χ1v) is 17.3. The molecule has 0 aromatic heterocycles. The number of nitrogens with zero attached hydrogens (tertiary/aromatic N) is 2. The van der Waals surface area contributed by atoms with Crippen LogP contribution in [0, 0.1) is 5.92 Å². The van der Waals surface area contributed by atoms with Crippen molar-refractivity contribution in [2.75, 3.05) is 19.7 Å². The number of rotatable bonds is 11. The number of hydrogen-bond acceptors (Lipinski definition) is 7. The van der Waals surface area contributed by atoms with Gasteiger partial charge in [0.15, 0.2) is 0 Å². The van der Waals surface area contributed by atoms with Gasteiger partial charge in [0, 0.05) is 39.6 Å². The Hall–Kier alpha value is -4.25. The number of benzene rings is 5. The third-order valence-corrected chi connectivity index (χ3v) is 10.2. The molecular formula is C35H33N2O9P. The van der Waals surface area contributed by atoms with Crippen molar-refractivity contribution in [3.8, 4) is 0 Å². The molecule has 1 unspecified atom stereocenters. The molecule has 12 heteroatoms. The summed E-state index contributed by atoms with van der Waals surface area (Å²) in [6.07, 6.45) is 2.40. The molecule has 5 aromatic rings. The Labute approximate surface area is 269 Å². The zero-order valence-electron chi connectivity index (χ0n) is 25.9. The van der Waals surface area contributed by atoms with Crippen molar-refractivity contribution in [2.45, 2.75) is 45.6 Å². The van der Waals surface area contributed by atoms with Crippen LogP contribution in [0.4, 0.5) is 0 Å². The van der Waals surface area contributed by atoms with Crippen LogP contribution in [0.15, 0.2) is 48.5 Å². The highest BCUT2D eigenvalue weighted by Gasteiger charge is 2.38. The van der Waals surface area contributed by atoms with Crippen LogP contribution >= 0.6 is 7.82 Å². The molecule has 47 heavy (non-hydrogen) atoms. The average Bonchev–Trinajstić information content (AvgIpc) is 3.05. The Balaban J connectivity index is 1.38. The number of carbonyl (C=O) groups is 4. The molecule has 242 valence electrons. The summed E-state index contributed by atoms with van der Waals surface area (Å²) < 4.78 is 16.0. The summed E-state index contributed by atoms with van der Waals surface area (Å²) >= 11 is 0. The van der Waals surface area contributed by atoms with Gasteiger partial charge in [-0.15, -0.1) is 0 Å². The predicted molar refractivity (Wildman–Crippen MR) is 176 cm³/mol. The maximum Gasteiger partial charge on any atom is 0.469 e. The normalized spacial score (nSPS) is 16.4. The first kappa shape index (κ1) is 31.4. The first-order chi connectivity index (χ1) is 22.5. The molecule has 0 fully saturated rings. The Morgan fingerprint density at radius 2 is 1.06 bits per heavy atom. The summed E-state index contributed by atoms with van der Waals surface area (Å²) in [6.45, 7) is 3.19. The Morgan fingerprint density at radius 1 is 0.660 bits per heavy atom. The third kappa shape index (κ3) is 4.84. The highest BCUT2D eigenvalue weighted by Crippen LogP contribution is 2.46. The molecule has 2 aliphatic heterocycles. The second-order valence-corrected chi connectivity index (χ2v) is 13.6. The number of imide groups is 2. The fraction of sp³-hybridized carbons (Fsp3) is 0.314. The second kappa shape index (κ2) is 11.5. The molecule has 0 bridgehead atoms. The van der Waals surface area contributed by atoms with Gasteiger partial charge in [-0.2, -0.15) is 0 Å².